The zero-order chi connectivity index (χ0) is 14.7. The predicted molar refractivity (Wildman–Crippen MR) is 82.4 cm³/mol. The molecule has 0 atom stereocenters. The van der Waals surface area contributed by atoms with E-state index in [0.29, 0.717) is 12.5 Å². The number of ether oxygens (including phenoxy) is 1. The van der Waals surface area contributed by atoms with Gasteiger partial charge in [-0.2, -0.15) is 0 Å². The number of aromatic nitrogens is 2. The molecule has 0 saturated carbocycles. The molecular formula is C16H23N3O. The lowest BCUT2D eigenvalue weighted by Crippen LogP contribution is -2.09. The Morgan fingerprint density at radius 2 is 1.90 bits per heavy atom. The number of rotatable bonds is 5. The average Bonchev–Trinajstić information content (AvgIpc) is 2.68. The Kier molecular flexibility index (Phi) is 4.45. The average molecular weight is 273 g/mol. The second-order valence-corrected chi connectivity index (χ2v) is 5.53. The van der Waals surface area contributed by atoms with Crippen molar-refractivity contribution in [2.45, 2.75) is 33.9 Å². The molecular weight excluding hydrogens is 250 g/mol. The summed E-state index contributed by atoms with van der Waals surface area (Å²) < 4.78 is 7.21. The van der Waals surface area contributed by atoms with Crippen LogP contribution in [0, 0.1) is 12.8 Å². The van der Waals surface area contributed by atoms with Crippen LogP contribution >= 0.6 is 0 Å². The minimum atomic E-state index is 0.544. The molecule has 0 radical (unpaired) electrons. The number of imidazole rings is 1. The SMILES string of the molecule is COCc1ccc(-c2nc(C)n(CC(C)C)c2N)cc1. The zero-order valence-corrected chi connectivity index (χ0v) is 12.7. The molecule has 1 aromatic heterocycles. The van der Waals surface area contributed by atoms with Crippen LogP contribution in [0.2, 0.25) is 0 Å². The number of nitrogens with two attached hydrogens (primary N) is 1. The zero-order valence-electron chi connectivity index (χ0n) is 12.7. The van der Waals surface area contributed by atoms with Crippen molar-refractivity contribution in [1.82, 2.24) is 9.55 Å². The van der Waals surface area contributed by atoms with Crippen LogP contribution in [0.4, 0.5) is 5.82 Å². The van der Waals surface area contributed by atoms with E-state index in [2.05, 4.69) is 35.5 Å². The number of hydrogen-bond acceptors (Lipinski definition) is 3. The molecule has 0 fully saturated rings. The fraction of sp³-hybridized carbons (Fsp3) is 0.438. The summed E-state index contributed by atoms with van der Waals surface area (Å²) >= 11 is 0. The molecule has 2 N–H and O–H groups in total. The first kappa shape index (κ1) is 14.6. The third-order valence-corrected chi connectivity index (χ3v) is 3.28. The molecule has 0 saturated heterocycles. The molecule has 0 aliphatic rings. The molecule has 2 aromatic rings. The molecule has 1 heterocycles. The second-order valence-electron chi connectivity index (χ2n) is 5.53. The Labute approximate surface area is 120 Å². The maximum Gasteiger partial charge on any atom is 0.131 e. The van der Waals surface area contributed by atoms with Crippen LogP contribution in [0.25, 0.3) is 11.3 Å². The highest BCUT2D eigenvalue weighted by molar-refractivity contribution is 5.71. The number of nitrogens with zero attached hydrogens (tertiary/aromatic N) is 2. The molecule has 1 aromatic carbocycles. The monoisotopic (exact) mass is 273 g/mol. The molecule has 4 nitrogen and oxygen atoms in total. The Hall–Kier alpha value is -1.81. The number of anilines is 1. The van der Waals surface area contributed by atoms with Gasteiger partial charge in [0.15, 0.2) is 0 Å². The van der Waals surface area contributed by atoms with Gasteiger partial charge in [-0.15, -0.1) is 0 Å². The Morgan fingerprint density at radius 3 is 2.45 bits per heavy atom. The van der Waals surface area contributed by atoms with Crippen LogP contribution in [0.15, 0.2) is 24.3 Å². The fourth-order valence-electron chi connectivity index (χ4n) is 2.32. The minimum absolute atomic E-state index is 0.544. The van der Waals surface area contributed by atoms with Crippen molar-refractivity contribution in [2.75, 3.05) is 12.8 Å². The van der Waals surface area contributed by atoms with Gasteiger partial charge in [-0.1, -0.05) is 38.1 Å². The number of benzene rings is 1. The highest BCUT2D eigenvalue weighted by Gasteiger charge is 2.14. The van der Waals surface area contributed by atoms with Crippen molar-refractivity contribution >= 4 is 5.82 Å². The van der Waals surface area contributed by atoms with Gasteiger partial charge < -0.3 is 15.0 Å². The molecule has 20 heavy (non-hydrogen) atoms. The first-order valence-electron chi connectivity index (χ1n) is 6.93. The summed E-state index contributed by atoms with van der Waals surface area (Å²) in [5.41, 5.74) is 9.32. The van der Waals surface area contributed by atoms with Crippen molar-refractivity contribution in [3.8, 4) is 11.3 Å². The van der Waals surface area contributed by atoms with Gasteiger partial charge in [0.1, 0.15) is 17.3 Å². The molecule has 108 valence electrons. The van der Waals surface area contributed by atoms with Gasteiger partial charge in [0.05, 0.1) is 6.61 Å². The smallest absolute Gasteiger partial charge is 0.131 e. The predicted octanol–water partition coefficient (Wildman–Crippen LogP) is 3.24. The van der Waals surface area contributed by atoms with Crippen LogP contribution in [0.1, 0.15) is 25.2 Å². The lowest BCUT2D eigenvalue weighted by Gasteiger charge is -2.10. The highest BCUT2D eigenvalue weighted by Crippen LogP contribution is 2.27. The maximum atomic E-state index is 6.26. The van der Waals surface area contributed by atoms with Crippen molar-refractivity contribution < 1.29 is 4.74 Å². The molecule has 0 spiro atoms. The van der Waals surface area contributed by atoms with Gasteiger partial charge >= 0.3 is 0 Å². The summed E-state index contributed by atoms with van der Waals surface area (Å²) in [6, 6.07) is 8.20. The first-order chi connectivity index (χ1) is 9.52. The normalized spacial score (nSPS) is 11.2. The van der Waals surface area contributed by atoms with E-state index in [-0.39, 0.29) is 0 Å². The molecule has 0 amide bonds. The standard InChI is InChI=1S/C16H23N3O/c1-11(2)9-19-12(3)18-15(16(19)17)14-7-5-13(6-8-14)10-20-4/h5-8,11H,9-10,17H2,1-4H3. The van der Waals surface area contributed by atoms with Crippen molar-refractivity contribution in [1.29, 1.82) is 0 Å². The van der Waals surface area contributed by atoms with Crippen molar-refractivity contribution in [3.05, 3.63) is 35.7 Å². The summed E-state index contributed by atoms with van der Waals surface area (Å²) in [4.78, 5) is 4.62. The Bertz CT molecular complexity index is 570. The van der Waals surface area contributed by atoms with E-state index in [1.807, 2.05) is 19.1 Å². The summed E-state index contributed by atoms with van der Waals surface area (Å²) in [7, 11) is 1.70. The highest BCUT2D eigenvalue weighted by atomic mass is 16.5. The third-order valence-electron chi connectivity index (χ3n) is 3.28. The third kappa shape index (κ3) is 3.02. The number of methoxy groups -OCH3 is 1. The van der Waals surface area contributed by atoms with E-state index < -0.39 is 0 Å². The fourth-order valence-corrected chi connectivity index (χ4v) is 2.32. The van der Waals surface area contributed by atoms with Gasteiger partial charge in [0.25, 0.3) is 0 Å². The van der Waals surface area contributed by atoms with E-state index in [1.54, 1.807) is 7.11 Å². The van der Waals surface area contributed by atoms with Crippen LogP contribution in [0.3, 0.4) is 0 Å². The van der Waals surface area contributed by atoms with E-state index in [9.17, 15) is 0 Å². The van der Waals surface area contributed by atoms with Gasteiger partial charge in [-0.25, -0.2) is 4.98 Å². The minimum Gasteiger partial charge on any atom is -0.383 e. The topological polar surface area (TPSA) is 53.1 Å². The van der Waals surface area contributed by atoms with E-state index >= 15 is 0 Å². The second kappa shape index (κ2) is 6.09. The number of nitrogen functional groups attached to an aromatic ring is 1. The molecule has 0 unspecified atom stereocenters. The van der Waals surface area contributed by atoms with Crippen molar-refractivity contribution in [3.63, 3.8) is 0 Å². The quantitative estimate of drug-likeness (QED) is 0.910. The molecule has 0 aliphatic heterocycles. The van der Waals surface area contributed by atoms with Gasteiger partial charge in [0.2, 0.25) is 0 Å². The lowest BCUT2D eigenvalue weighted by molar-refractivity contribution is 0.185. The van der Waals surface area contributed by atoms with Gasteiger partial charge in [0, 0.05) is 19.2 Å². The van der Waals surface area contributed by atoms with E-state index in [0.717, 1.165) is 35.0 Å². The van der Waals surface area contributed by atoms with E-state index in [4.69, 9.17) is 10.5 Å². The van der Waals surface area contributed by atoms with Crippen LogP contribution in [0.5, 0.6) is 0 Å². The van der Waals surface area contributed by atoms with Crippen LogP contribution < -0.4 is 5.73 Å². The summed E-state index contributed by atoms with van der Waals surface area (Å²) in [6.07, 6.45) is 0. The summed E-state index contributed by atoms with van der Waals surface area (Å²) in [6.45, 7) is 7.88. The number of hydrogen-bond donors (Lipinski definition) is 1. The summed E-state index contributed by atoms with van der Waals surface area (Å²) in [5.74, 6) is 2.25. The van der Waals surface area contributed by atoms with Crippen molar-refractivity contribution in [2.24, 2.45) is 5.92 Å². The maximum absolute atomic E-state index is 6.26. The summed E-state index contributed by atoms with van der Waals surface area (Å²) in [5, 5.41) is 0. The van der Waals surface area contributed by atoms with E-state index in [1.165, 1.54) is 0 Å². The lowest BCUT2D eigenvalue weighted by atomic mass is 10.1. The Morgan fingerprint density at radius 1 is 1.25 bits per heavy atom. The largest absolute Gasteiger partial charge is 0.383 e. The van der Waals surface area contributed by atoms with Crippen LogP contribution in [-0.2, 0) is 17.9 Å². The first-order valence-corrected chi connectivity index (χ1v) is 6.93. The Balaban J connectivity index is 2.33. The molecule has 0 bridgehead atoms. The molecule has 0 aliphatic carbocycles. The molecule has 2 rings (SSSR count). The van der Waals surface area contributed by atoms with Gasteiger partial charge in [-0.3, -0.25) is 0 Å². The van der Waals surface area contributed by atoms with Crippen LogP contribution in [-0.4, -0.2) is 16.7 Å². The number of aryl methyl sites for hydroxylation is 1. The van der Waals surface area contributed by atoms with Gasteiger partial charge in [-0.05, 0) is 18.4 Å². The molecule has 4 heteroatoms.